The van der Waals surface area contributed by atoms with Crippen LogP contribution < -0.4 is 0 Å². The molecule has 0 heterocycles. The zero-order valence-electron chi connectivity index (χ0n) is 10.2. The van der Waals surface area contributed by atoms with Crippen molar-refractivity contribution in [1.82, 2.24) is 0 Å². The van der Waals surface area contributed by atoms with Gasteiger partial charge in [-0.2, -0.15) is 0 Å². The average Bonchev–Trinajstić information content (AvgIpc) is 2.19. The Balaban J connectivity index is 2.60. The highest BCUT2D eigenvalue weighted by molar-refractivity contribution is 5.72. The Morgan fingerprint density at radius 1 is 0.812 bits per heavy atom. The Morgan fingerprint density at radius 2 is 1.44 bits per heavy atom. The molecule has 0 saturated carbocycles. The van der Waals surface area contributed by atoms with Crippen molar-refractivity contribution in [2.24, 2.45) is 0 Å². The smallest absolute Gasteiger partial charge is 0.0575 e. The van der Waals surface area contributed by atoms with E-state index < -0.39 is 0 Å². The van der Waals surface area contributed by atoms with Crippen LogP contribution in [-0.2, 0) is 0 Å². The maximum atomic E-state index is 4.14. The van der Waals surface area contributed by atoms with Gasteiger partial charge in [0.2, 0.25) is 0 Å². The lowest BCUT2D eigenvalue weighted by Gasteiger charge is -2.04. The van der Waals surface area contributed by atoms with Gasteiger partial charge in [-0.25, -0.2) is 0 Å². The van der Waals surface area contributed by atoms with Crippen LogP contribution in [0, 0.1) is 27.7 Å². The van der Waals surface area contributed by atoms with Gasteiger partial charge in [0.1, 0.15) is 5.56 Å². The van der Waals surface area contributed by atoms with Gasteiger partial charge in [0, 0.05) is 29.7 Å². The molecule has 0 N–H and O–H groups in total. The molecule has 0 bridgehead atoms. The molecule has 2 aromatic carbocycles. The van der Waals surface area contributed by atoms with Crippen molar-refractivity contribution in [2.75, 3.05) is 0 Å². The van der Waals surface area contributed by atoms with Crippen molar-refractivity contribution in [1.29, 1.82) is 0 Å². The normalized spacial score (nSPS) is 10.4. The molecule has 0 amide bonds. The molecule has 0 aliphatic heterocycles. The van der Waals surface area contributed by atoms with Gasteiger partial charge in [-0.15, -0.1) is 0 Å². The van der Waals surface area contributed by atoms with Crippen molar-refractivity contribution in [2.45, 2.75) is 20.8 Å². The molecule has 0 aliphatic rings. The van der Waals surface area contributed by atoms with E-state index in [0.29, 0.717) is 0 Å². The van der Waals surface area contributed by atoms with Crippen LogP contribution in [0.15, 0.2) is 36.4 Å². The first kappa shape index (κ1) is 10.8. The van der Waals surface area contributed by atoms with Crippen LogP contribution in [0.5, 0.6) is 0 Å². The average molecular weight is 209 g/mol. The van der Waals surface area contributed by atoms with Crippen LogP contribution >= 0.6 is 0 Å². The largest absolute Gasteiger partial charge is 0.135 e. The lowest BCUT2D eigenvalue weighted by atomic mass is 9.93. The monoisotopic (exact) mass is 209 g/mol. The lowest BCUT2D eigenvalue weighted by Crippen LogP contribution is -1.90. The van der Waals surface area contributed by atoms with E-state index in [0.717, 1.165) is 5.56 Å². The molecule has 0 saturated heterocycles. The van der Waals surface area contributed by atoms with E-state index in [1.165, 1.54) is 27.8 Å². The van der Waals surface area contributed by atoms with Gasteiger partial charge in [0.25, 0.3) is 0 Å². The number of hydrogen-bond acceptors (Lipinski definition) is 0. The maximum absolute atomic E-state index is 4.14. The Morgan fingerprint density at radius 3 is 2.00 bits per heavy atom. The second kappa shape index (κ2) is 4.05. The van der Waals surface area contributed by atoms with E-state index >= 15 is 0 Å². The molecule has 0 unspecified atom stereocenters. The third kappa shape index (κ3) is 1.96. The van der Waals surface area contributed by atoms with E-state index in [9.17, 15) is 0 Å². The first-order valence-electron chi connectivity index (χ1n) is 5.58. The maximum Gasteiger partial charge on any atom is 0.135 e. The molecular weight excluding hydrogens is 192 g/mol. The third-order valence-electron chi connectivity index (χ3n) is 2.90. The summed E-state index contributed by atoms with van der Waals surface area (Å²) in [7, 11) is 0. The van der Waals surface area contributed by atoms with E-state index in [2.05, 4.69) is 64.1 Å². The van der Waals surface area contributed by atoms with Crippen LogP contribution in [0.3, 0.4) is 0 Å². The molecule has 0 aliphatic carbocycles. The molecule has 0 aromatic heterocycles. The van der Waals surface area contributed by atoms with Gasteiger partial charge in [-0.05, 0) is 39.0 Å². The fourth-order valence-electron chi connectivity index (χ4n) is 2.19. The molecular formula is C16H17+. The number of aryl methyl sites for hydroxylation is 3. The second-order valence-corrected chi connectivity index (χ2v) is 4.48. The molecule has 0 fully saturated rings. The molecule has 80 valence electrons. The number of hydrogen-bond donors (Lipinski definition) is 0. The third-order valence-corrected chi connectivity index (χ3v) is 2.90. The van der Waals surface area contributed by atoms with E-state index in [4.69, 9.17) is 0 Å². The summed E-state index contributed by atoms with van der Waals surface area (Å²) >= 11 is 0. The Hall–Kier alpha value is -1.69. The van der Waals surface area contributed by atoms with Crippen LogP contribution in [0.4, 0.5) is 0 Å². The highest BCUT2D eigenvalue weighted by atomic mass is 14.1. The molecule has 0 radical (unpaired) electrons. The summed E-state index contributed by atoms with van der Waals surface area (Å²) in [5.74, 6) is 0. The van der Waals surface area contributed by atoms with Crippen LogP contribution in [0.2, 0.25) is 0 Å². The van der Waals surface area contributed by atoms with E-state index in [-0.39, 0.29) is 0 Å². The summed E-state index contributed by atoms with van der Waals surface area (Å²) in [5, 5.41) is 0. The number of rotatable bonds is 1. The topological polar surface area (TPSA) is 0 Å². The van der Waals surface area contributed by atoms with Gasteiger partial charge >= 0.3 is 0 Å². The predicted octanol–water partition coefficient (Wildman–Crippen LogP) is 4.46. The predicted molar refractivity (Wildman–Crippen MR) is 70.5 cm³/mol. The van der Waals surface area contributed by atoms with Crippen molar-refractivity contribution < 1.29 is 0 Å². The summed E-state index contributed by atoms with van der Waals surface area (Å²) in [5.41, 5.74) is 7.51. The fourth-order valence-corrected chi connectivity index (χ4v) is 2.19. The molecule has 16 heavy (non-hydrogen) atoms. The minimum absolute atomic E-state index is 1.11. The van der Waals surface area contributed by atoms with Crippen molar-refractivity contribution in [3.05, 3.63) is 65.6 Å². The summed E-state index contributed by atoms with van der Waals surface area (Å²) in [4.78, 5) is 0. The van der Waals surface area contributed by atoms with Crippen LogP contribution in [-0.4, -0.2) is 0 Å². The minimum Gasteiger partial charge on any atom is -0.0575 e. The van der Waals surface area contributed by atoms with Crippen molar-refractivity contribution in [3.63, 3.8) is 0 Å². The molecule has 2 rings (SSSR count). The minimum atomic E-state index is 1.11. The lowest BCUT2D eigenvalue weighted by molar-refractivity contribution is 1.35. The Bertz CT molecular complexity index is 481. The highest BCUT2D eigenvalue weighted by Crippen LogP contribution is 2.28. The van der Waals surface area contributed by atoms with Crippen molar-refractivity contribution >= 4 is 0 Å². The van der Waals surface area contributed by atoms with Gasteiger partial charge in [0.05, 0.1) is 5.56 Å². The quantitative estimate of drug-likeness (QED) is 0.608. The summed E-state index contributed by atoms with van der Waals surface area (Å²) < 4.78 is 0. The summed E-state index contributed by atoms with van der Waals surface area (Å²) in [6.45, 7) is 10.5. The van der Waals surface area contributed by atoms with Gasteiger partial charge < -0.3 is 0 Å². The van der Waals surface area contributed by atoms with Crippen LogP contribution in [0.25, 0.3) is 11.1 Å². The highest BCUT2D eigenvalue weighted by Gasteiger charge is 2.13. The molecule has 0 nitrogen and oxygen atoms in total. The second-order valence-electron chi connectivity index (χ2n) is 4.48. The first-order valence-corrected chi connectivity index (χ1v) is 5.58. The number of benzene rings is 2. The Kier molecular flexibility index (Phi) is 2.74. The molecule has 0 atom stereocenters. The zero-order valence-corrected chi connectivity index (χ0v) is 10.2. The van der Waals surface area contributed by atoms with Crippen molar-refractivity contribution in [3.8, 4) is 11.1 Å². The standard InChI is InChI=1S/C16H17/c1-11-5-7-15(8-6-11)16-13(3)9-12(2)10-14(16)4/h5-10H,3H2,1-2,4H3/q+1. The first-order chi connectivity index (χ1) is 7.58. The van der Waals surface area contributed by atoms with Gasteiger partial charge in [0.15, 0.2) is 0 Å². The van der Waals surface area contributed by atoms with E-state index in [1.54, 1.807) is 0 Å². The van der Waals surface area contributed by atoms with E-state index in [1.807, 2.05) is 0 Å². The summed E-state index contributed by atoms with van der Waals surface area (Å²) in [6.07, 6.45) is 0. The molecule has 2 aromatic rings. The SMILES string of the molecule is [CH2+]c1cc(C)cc(C)c1-c1ccc(C)cc1. The summed E-state index contributed by atoms with van der Waals surface area (Å²) in [6, 6.07) is 13.0. The fraction of sp³-hybridized carbons (Fsp3) is 0.188. The molecule has 0 spiro atoms. The van der Waals surface area contributed by atoms with Gasteiger partial charge in [-0.1, -0.05) is 17.7 Å². The van der Waals surface area contributed by atoms with Crippen LogP contribution in [0.1, 0.15) is 22.3 Å². The van der Waals surface area contributed by atoms with Gasteiger partial charge in [-0.3, -0.25) is 0 Å². The molecule has 0 heteroatoms. The Labute approximate surface area is 97.9 Å². The zero-order chi connectivity index (χ0) is 11.7.